The van der Waals surface area contributed by atoms with E-state index in [4.69, 9.17) is 0 Å². The van der Waals surface area contributed by atoms with Gasteiger partial charge in [-0.1, -0.05) is 61.8 Å². The van der Waals surface area contributed by atoms with Crippen LogP contribution in [-0.2, 0) is 0 Å². The van der Waals surface area contributed by atoms with Crippen LogP contribution in [0, 0.1) is 0 Å². The lowest BCUT2D eigenvalue weighted by atomic mass is 10.4. The highest BCUT2D eigenvalue weighted by atomic mass is 79.9. The molecule has 0 bridgehead atoms. The summed E-state index contributed by atoms with van der Waals surface area (Å²) in [5.74, 6) is 0. The Morgan fingerprint density at radius 2 is 2.13 bits per heavy atom. The third-order valence-corrected chi connectivity index (χ3v) is 4.02. The average Bonchev–Trinajstić information content (AvgIpc) is 2.17. The van der Waals surface area contributed by atoms with Crippen molar-refractivity contribution in [2.24, 2.45) is 0 Å². The van der Waals surface area contributed by atoms with E-state index in [0.717, 1.165) is 8.96 Å². The zero-order valence-corrected chi connectivity index (χ0v) is 12.6. The molecule has 0 N–H and O–H groups in total. The summed E-state index contributed by atoms with van der Waals surface area (Å²) in [5, 5.41) is 0. The van der Waals surface area contributed by atoms with Crippen molar-refractivity contribution in [3.8, 4) is 0 Å². The topological polar surface area (TPSA) is 0 Å². The van der Waals surface area contributed by atoms with Crippen molar-refractivity contribution >= 4 is 43.6 Å². The van der Waals surface area contributed by atoms with Gasteiger partial charge in [-0.15, -0.1) is 0 Å². The first-order valence-corrected chi connectivity index (χ1v) is 6.96. The van der Waals surface area contributed by atoms with E-state index in [0.29, 0.717) is 0 Å². The molecule has 1 aromatic rings. The van der Waals surface area contributed by atoms with E-state index in [1.165, 1.54) is 9.80 Å². The van der Waals surface area contributed by atoms with Crippen LogP contribution in [0.1, 0.15) is 13.8 Å². The molecule has 0 saturated heterocycles. The molecule has 0 aliphatic carbocycles. The minimum absolute atomic E-state index is 1.11. The van der Waals surface area contributed by atoms with Crippen molar-refractivity contribution in [1.29, 1.82) is 0 Å². The molecule has 0 radical (unpaired) electrons. The number of benzene rings is 1. The van der Waals surface area contributed by atoms with E-state index in [1.807, 2.05) is 25.1 Å². The van der Waals surface area contributed by atoms with Crippen LogP contribution < -0.4 is 0 Å². The van der Waals surface area contributed by atoms with Crippen LogP contribution in [0.2, 0.25) is 0 Å². The van der Waals surface area contributed by atoms with Crippen LogP contribution in [0.15, 0.2) is 55.2 Å². The molecule has 3 heteroatoms. The van der Waals surface area contributed by atoms with Gasteiger partial charge in [-0.3, -0.25) is 0 Å². The maximum atomic E-state index is 3.51. The molecule has 0 fully saturated rings. The molecule has 0 aliphatic heterocycles. The summed E-state index contributed by atoms with van der Waals surface area (Å²) in [6.45, 7) is 4.08. The summed E-state index contributed by atoms with van der Waals surface area (Å²) in [7, 11) is 0. The third-order valence-electron chi connectivity index (χ3n) is 1.68. The summed E-state index contributed by atoms with van der Waals surface area (Å²) in [4.78, 5) is 2.46. The van der Waals surface area contributed by atoms with Crippen LogP contribution in [-0.4, -0.2) is 0 Å². The van der Waals surface area contributed by atoms with E-state index < -0.39 is 0 Å². The van der Waals surface area contributed by atoms with E-state index in [-0.39, 0.29) is 0 Å². The monoisotopic (exact) mass is 346 g/mol. The third kappa shape index (κ3) is 4.58. The Labute approximate surface area is 112 Å². The fourth-order valence-electron chi connectivity index (χ4n) is 1.03. The largest absolute Gasteiger partial charge is 0.0892 e. The molecule has 0 unspecified atom stereocenters. The van der Waals surface area contributed by atoms with E-state index in [2.05, 4.69) is 57.0 Å². The molecule has 0 nitrogen and oxygen atoms in total. The second-order valence-electron chi connectivity index (χ2n) is 2.96. The van der Waals surface area contributed by atoms with Gasteiger partial charge in [0.25, 0.3) is 0 Å². The van der Waals surface area contributed by atoms with Gasteiger partial charge in [-0.05, 0) is 32.0 Å². The molecule has 0 saturated carbocycles. The smallest absolute Gasteiger partial charge is 0.0217 e. The second-order valence-corrected chi connectivity index (χ2v) is 6.18. The number of hydrogen-bond donors (Lipinski definition) is 0. The Balaban J connectivity index is 2.89. The number of allylic oxidation sites excluding steroid dienone is 3. The van der Waals surface area contributed by atoms with Gasteiger partial charge in [0.05, 0.1) is 0 Å². The number of halogens is 2. The van der Waals surface area contributed by atoms with Gasteiger partial charge < -0.3 is 0 Å². The fourth-order valence-corrected chi connectivity index (χ4v) is 2.88. The Kier molecular flexibility index (Phi) is 5.72. The van der Waals surface area contributed by atoms with Crippen LogP contribution in [0.25, 0.3) is 0 Å². The highest BCUT2D eigenvalue weighted by Crippen LogP contribution is 2.32. The highest BCUT2D eigenvalue weighted by Gasteiger charge is 2.00. The molecule has 0 amide bonds. The number of hydrogen-bond acceptors (Lipinski definition) is 1. The first kappa shape index (κ1) is 13.1. The van der Waals surface area contributed by atoms with Crippen molar-refractivity contribution < 1.29 is 0 Å². The van der Waals surface area contributed by atoms with Crippen molar-refractivity contribution in [3.05, 3.63) is 50.3 Å². The minimum Gasteiger partial charge on any atom is -0.0892 e. The first-order chi connectivity index (χ1) is 7.13. The van der Waals surface area contributed by atoms with Crippen LogP contribution in [0.4, 0.5) is 0 Å². The quantitative estimate of drug-likeness (QED) is 0.496. The van der Waals surface area contributed by atoms with Crippen molar-refractivity contribution in [2.45, 2.75) is 18.7 Å². The van der Waals surface area contributed by atoms with Gasteiger partial charge in [0.1, 0.15) is 0 Å². The SMILES string of the molecule is C/C=C\C(Sc1cccc(Br)c1)=C(/C)Br. The zero-order valence-electron chi connectivity index (χ0n) is 8.63. The summed E-state index contributed by atoms with van der Waals surface area (Å²) in [6.07, 6.45) is 4.15. The predicted molar refractivity (Wildman–Crippen MR) is 76.4 cm³/mol. The standard InChI is InChI=1S/C12H12Br2S/c1-3-5-12(9(2)13)15-11-7-4-6-10(14)8-11/h3-8H,1-2H3/b5-3-,12-9-. The molecule has 1 aromatic carbocycles. The van der Waals surface area contributed by atoms with Gasteiger partial charge in [0.15, 0.2) is 0 Å². The molecular weight excluding hydrogens is 336 g/mol. The van der Waals surface area contributed by atoms with Crippen molar-refractivity contribution in [3.63, 3.8) is 0 Å². The maximum absolute atomic E-state index is 3.51. The molecule has 1 rings (SSSR count). The number of thioether (sulfide) groups is 1. The van der Waals surface area contributed by atoms with Gasteiger partial charge >= 0.3 is 0 Å². The average molecular weight is 348 g/mol. The lowest BCUT2D eigenvalue weighted by Gasteiger charge is -2.04. The van der Waals surface area contributed by atoms with E-state index >= 15 is 0 Å². The van der Waals surface area contributed by atoms with Crippen LogP contribution in [0.5, 0.6) is 0 Å². The van der Waals surface area contributed by atoms with Gasteiger partial charge in [0.2, 0.25) is 0 Å². The normalized spacial score (nSPS) is 13.1. The summed E-state index contributed by atoms with van der Waals surface area (Å²) >= 11 is 8.73. The van der Waals surface area contributed by atoms with Gasteiger partial charge in [-0.25, -0.2) is 0 Å². The van der Waals surface area contributed by atoms with Crippen LogP contribution in [0.3, 0.4) is 0 Å². The van der Waals surface area contributed by atoms with Gasteiger partial charge in [-0.2, -0.15) is 0 Å². The minimum atomic E-state index is 1.11. The first-order valence-electron chi connectivity index (χ1n) is 4.56. The summed E-state index contributed by atoms with van der Waals surface area (Å²) < 4.78 is 2.27. The van der Waals surface area contributed by atoms with Crippen molar-refractivity contribution in [1.82, 2.24) is 0 Å². The zero-order chi connectivity index (χ0) is 11.3. The Morgan fingerprint density at radius 1 is 1.40 bits per heavy atom. The maximum Gasteiger partial charge on any atom is 0.0217 e. The predicted octanol–water partition coefficient (Wildman–Crippen LogP) is 5.74. The van der Waals surface area contributed by atoms with Crippen LogP contribution >= 0.6 is 43.6 Å². The molecular formula is C12H12Br2S. The second kappa shape index (κ2) is 6.56. The highest BCUT2D eigenvalue weighted by molar-refractivity contribution is 9.11. The number of rotatable bonds is 3. The molecule has 0 aromatic heterocycles. The fraction of sp³-hybridized carbons (Fsp3) is 0.167. The molecule has 0 heterocycles. The summed E-state index contributed by atoms with van der Waals surface area (Å²) in [5.41, 5.74) is 0. The Morgan fingerprint density at radius 3 is 2.67 bits per heavy atom. The van der Waals surface area contributed by atoms with Gasteiger partial charge in [0, 0.05) is 18.8 Å². The Bertz CT molecular complexity index is 390. The lowest BCUT2D eigenvalue weighted by Crippen LogP contribution is -1.76. The van der Waals surface area contributed by atoms with E-state index in [1.54, 1.807) is 11.8 Å². The van der Waals surface area contributed by atoms with Crippen molar-refractivity contribution in [2.75, 3.05) is 0 Å². The summed E-state index contributed by atoms with van der Waals surface area (Å²) in [6, 6.07) is 8.30. The molecule has 0 aliphatic rings. The molecule has 15 heavy (non-hydrogen) atoms. The van der Waals surface area contributed by atoms with E-state index in [9.17, 15) is 0 Å². The molecule has 0 spiro atoms. The molecule has 80 valence electrons. The molecule has 0 atom stereocenters. The lowest BCUT2D eigenvalue weighted by molar-refractivity contribution is 1.44. The Hall–Kier alpha value is 0.01000.